The highest BCUT2D eigenvalue weighted by Gasteiger charge is 2.29. The van der Waals surface area contributed by atoms with E-state index in [1.165, 1.54) is 22.5 Å². The molecule has 0 aliphatic carbocycles. The Morgan fingerprint density at radius 3 is 2.25 bits per heavy atom. The van der Waals surface area contributed by atoms with Crippen LogP contribution >= 0.6 is 0 Å². The van der Waals surface area contributed by atoms with E-state index in [0.717, 1.165) is 5.56 Å². The number of hydrogen-bond donors (Lipinski definition) is 1. The van der Waals surface area contributed by atoms with Crippen LogP contribution in [0.15, 0.2) is 47.4 Å². The Balaban J connectivity index is 1.69. The predicted molar refractivity (Wildman–Crippen MR) is 103 cm³/mol. The number of nitrogens with zero attached hydrogens (tertiary/aromatic N) is 2. The average Bonchev–Trinajstić information content (AvgIpc) is 2.65. The SMILES string of the molecule is Cc1ccc(CC(=O)O)cc1S(=O)(=O)N1CCN(Cc2ccc(F)cc2)CC1. The fourth-order valence-corrected chi connectivity index (χ4v) is 5.02. The zero-order valence-corrected chi connectivity index (χ0v) is 16.5. The molecule has 150 valence electrons. The minimum atomic E-state index is -3.69. The van der Waals surface area contributed by atoms with Crippen molar-refractivity contribution >= 4 is 16.0 Å². The number of piperazine rings is 1. The van der Waals surface area contributed by atoms with Gasteiger partial charge >= 0.3 is 5.97 Å². The zero-order chi connectivity index (χ0) is 20.3. The van der Waals surface area contributed by atoms with Crippen LogP contribution in [0.5, 0.6) is 0 Å². The van der Waals surface area contributed by atoms with Gasteiger partial charge in [0.1, 0.15) is 5.82 Å². The molecule has 2 aromatic carbocycles. The van der Waals surface area contributed by atoms with E-state index < -0.39 is 16.0 Å². The minimum Gasteiger partial charge on any atom is -0.481 e. The molecular weight excluding hydrogens is 383 g/mol. The van der Waals surface area contributed by atoms with Gasteiger partial charge in [0.2, 0.25) is 10.0 Å². The molecule has 1 aliphatic heterocycles. The molecule has 0 bridgehead atoms. The number of rotatable bonds is 6. The van der Waals surface area contributed by atoms with Crippen LogP contribution in [0.3, 0.4) is 0 Å². The summed E-state index contributed by atoms with van der Waals surface area (Å²) in [6.07, 6.45) is -0.214. The molecule has 0 aromatic heterocycles. The van der Waals surface area contributed by atoms with Crippen LogP contribution in [0.4, 0.5) is 4.39 Å². The lowest BCUT2D eigenvalue weighted by Crippen LogP contribution is -2.48. The summed E-state index contributed by atoms with van der Waals surface area (Å²) in [5.41, 5.74) is 2.05. The second-order valence-corrected chi connectivity index (χ2v) is 8.88. The van der Waals surface area contributed by atoms with E-state index in [9.17, 15) is 17.6 Å². The number of aryl methyl sites for hydroxylation is 1. The van der Waals surface area contributed by atoms with Crippen molar-refractivity contribution in [2.75, 3.05) is 26.2 Å². The van der Waals surface area contributed by atoms with Gasteiger partial charge in [0.05, 0.1) is 11.3 Å². The van der Waals surface area contributed by atoms with Crippen molar-refractivity contribution in [2.24, 2.45) is 0 Å². The predicted octanol–water partition coefficient (Wildman–Crippen LogP) is 2.27. The maximum Gasteiger partial charge on any atom is 0.307 e. The first kappa shape index (κ1) is 20.4. The molecule has 8 heteroatoms. The molecule has 1 saturated heterocycles. The van der Waals surface area contributed by atoms with Crippen molar-refractivity contribution < 1.29 is 22.7 Å². The Hall–Kier alpha value is -2.29. The van der Waals surface area contributed by atoms with Crippen molar-refractivity contribution in [1.82, 2.24) is 9.21 Å². The second kappa shape index (κ2) is 8.38. The normalized spacial score (nSPS) is 16.2. The largest absolute Gasteiger partial charge is 0.481 e. The molecule has 6 nitrogen and oxygen atoms in total. The van der Waals surface area contributed by atoms with Crippen LogP contribution in [0, 0.1) is 12.7 Å². The van der Waals surface area contributed by atoms with Crippen LogP contribution in [0.25, 0.3) is 0 Å². The lowest BCUT2D eigenvalue weighted by atomic mass is 10.1. The van der Waals surface area contributed by atoms with Gasteiger partial charge in [0, 0.05) is 32.7 Å². The Morgan fingerprint density at radius 2 is 1.64 bits per heavy atom. The fraction of sp³-hybridized carbons (Fsp3) is 0.350. The molecule has 0 spiro atoms. The summed E-state index contributed by atoms with van der Waals surface area (Å²) < 4.78 is 40.6. The topological polar surface area (TPSA) is 77.9 Å². The van der Waals surface area contributed by atoms with E-state index in [2.05, 4.69) is 4.90 Å². The molecule has 2 aromatic rings. The quantitative estimate of drug-likeness (QED) is 0.796. The highest BCUT2D eigenvalue weighted by atomic mass is 32.2. The summed E-state index contributed by atoms with van der Waals surface area (Å²) in [5, 5.41) is 8.96. The molecule has 3 rings (SSSR count). The van der Waals surface area contributed by atoms with Gasteiger partial charge in [-0.05, 0) is 41.8 Å². The number of halogens is 1. The molecular formula is C20H23FN2O4S. The van der Waals surface area contributed by atoms with Crippen molar-refractivity contribution in [3.05, 3.63) is 65.0 Å². The van der Waals surface area contributed by atoms with Gasteiger partial charge in [0.25, 0.3) is 0 Å². The summed E-state index contributed by atoms with van der Waals surface area (Å²) in [7, 11) is -3.69. The monoisotopic (exact) mass is 406 g/mol. The summed E-state index contributed by atoms with van der Waals surface area (Å²) in [5.74, 6) is -1.28. The summed E-state index contributed by atoms with van der Waals surface area (Å²) in [4.78, 5) is 13.2. The molecule has 28 heavy (non-hydrogen) atoms. The van der Waals surface area contributed by atoms with Crippen LogP contribution in [-0.4, -0.2) is 54.9 Å². The first-order chi connectivity index (χ1) is 13.3. The van der Waals surface area contributed by atoms with Crippen molar-refractivity contribution in [2.45, 2.75) is 24.8 Å². The van der Waals surface area contributed by atoms with Gasteiger partial charge in [-0.25, -0.2) is 12.8 Å². The maximum absolute atomic E-state index is 13.1. The highest BCUT2D eigenvalue weighted by molar-refractivity contribution is 7.89. The fourth-order valence-electron chi connectivity index (χ4n) is 3.32. The van der Waals surface area contributed by atoms with E-state index in [1.54, 1.807) is 31.2 Å². The number of carbonyl (C=O) groups is 1. The van der Waals surface area contributed by atoms with Gasteiger partial charge in [-0.15, -0.1) is 0 Å². The maximum atomic E-state index is 13.1. The first-order valence-corrected chi connectivity index (χ1v) is 10.5. The van der Waals surface area contributed by atoms with Crippen LogP contribution in [0.1, 0.15) is 16.7 Å². The molecule has 0 unspecified atom stereocenters. The third kappa shape index (κ3) is 4.76. The third-order valence-electron chi connectivity index (χ3n) is 4.88. The van der Waals surface area contributed by atoms with Crippen molar-refractivity contribution in [1.29, 1.82) is 0 Å². The van der Waals surface area contributed by atoms with E-state index in [4.69, 9.17) is 5.11 Å². The lowest BCUT2D eigenvalue weighted by Gasteiger charge is -2.34. The molecule has 1 fully saturated rings. The number of aliphatic carboxylic acids is 1. The molecule has 1 N–H and O–H groups in total. The van der Waals surface area contributed by atoms with Gasteiger partial charge < -0.3 is 5.11 Å². The second-order valence-electron chi connectivity index (χ2n) is 6.98. The molecule has 0 atom stereocenters. The summed E-state index contributed by atoms with van der Waals surface area (Å²) in [6.45, 7) is 4.21. The Kier molecular flexibility index (Phi) is 6.12. The smallest absolute Gasteiger partial charge is 0.307 e. The van der Waals surface area contributed by atoms with Crippen molar-refractivity contribution in [3.63, 3.8) is 0 Å². The van der Waals surface area contributed by atoms with Gasteiger partial charge in [0.15, 0.2) is 0 Å². The molecule has 0 radical (unpaired) electrons. The standard InChI is InChI=1S/C20H23FN2O4S/c1-15-2-3-17(13-20(24)25)12-19(15)28(26,27)23-10-8-22(9-11-23)14-16-4-6-18(21)7-5-16/h2-7,12H,8-11,13-14H2,1H3,(H,24,25). The molecule has 0 saturated carbocycles. The van der Waals surface area contributed by atoms with E-state index >= 15 is 0 Å². The summed E-state index contributed by atoms with van der Waals surface area (Å²) >= 11 is 0. The first-order valence-electron chi connectivity index (χ1n) is 9.04. The number of sulfonamides is 1. The molecule has 1 heterocycles. The van der Waals surface area contributed by atoms with E-state index in [-0.39, 0.29) is 17.1 Å². The van der Waals surface area contributed by atoms with Gasteiger partial charge in [-0.2, -0.15) is 4.31 Å². The third-order valence-corrected chi connectivity index (χ3v) is 6.92. The van der Waals surface area contributed by atoms with Gasteiger partial charge in [-0.1, -0.05) is 24.3 Å². The number of hydrogen-bond acceptors (Lipinski definition) is 4. The Morgan fingerprint density at radius 1 is 1.04 bits per heavy atom. The molecule has 1 aliphatic rings. The van der Waals surface area contributed by atoms with Crippen LogP contribution in [-0.2, 0) is 27.8 Å². The van der Waals surface area contributed by atoms with E-state index in [0.29, 0.717) is 43.9 Å². The summed E-state index contributed by atoms with van der Waals surface area (Å²) in [6, 6.07) is 11.1. The molecule has 0 amide bonds. The Labute approximate surface area is 164 Å². The van der Waals surface area contributed by atoms with Gasteiger partial charge in [-0.3, -0.25) is 9.69 Å². The van der Waals surface area contributed by atoms with Crippen molar-refractivity contribution in [3.8, 4) is 0 Å². The zero-order valence-electron chi connectivity index (χ0n) is 15.6. The lowest BCUT2D eigenvalue weighted by molar-refractivity contribution is -0.136. The number of carboxylic acids is 1. The number of benzene rings is 2. The Bertz CT molecular complexity index is 953. The average molecular weight is 406 g/mol. The van der Waals surface area contributed by atoms with Crippen LogP contribution in [0.2, 0.25) is 0 Å². The van der Waals surface area contributed by atoms with E-state index in [1.807, 2.05) is 0 Å². The van der Waals surface area contributed by atoms with Crippen LogP contribution < -0.4 is 0 Å². The minimum absolute atomic E-state index is 0.165. The number of carboxylic acid groups (broad SMARTS) is 1. The highest BCUT2D eigenvalue weighted by Crippen LogP contribution is 2.23.